The lowest BCUT2D eigenvalue weighted by molar-refractivity contribution is 0.337. The van der Waals surface area contributed by atoms with Crippen LogP contribution in [0.2, 0.25) is 0 Å². The molecule has 0 spiro atoms. The Morgan fingerprint density at radius 2 is 1.63 bits per heavy atom. The molecule has 0 saturated heterocycles. The van der Waals surface area contributed by atoms with Crippen molar-refractivity contribution in [2.75, 3.05) is 0 Å². The Kier molecular flexibility index (Phi) is 7.11. The minimum Gasteiger partial charge on any atom is -0.207 e. The number of aryl methyl sites for hydroxylation is 1. The van der Waals surface area contributed by atoms with Crippen molar-refractivity contribution < 1.29 is 4.39 Å². The van der Waals surface area contributed by atoms with Crippen LogP contribution in [0, 0.1) is 29.5 Å². The summed E-state index contributed by atoms with van der Waals surface area (Å²) in [7, 11) is 0. The van der Waals surface area contributed by atoms with Gasteiger partial charge in [0, 0.05) is 11.5 Å². The van der Waals surface area contributed by atoms with Gasteiger partial charge in [0.2, 0.25) is 0 Å². The number of benzene rings is 2. The van der Waals surface area contributed by atoms with Gasteiger partial charge in [-0.25, -0.2) is 4.39 Å². The SMILES string of the molecule is CCCCCc1ccc(-c2ccc(C#C[C@H]3CC[C@H](C)CC3)cc2)cc1F. The van der Waals surface area contributed by atoms with Crippen molar-refractivity contribution in [1.82, 2.24) is 0 Å². The van der Waals surface area contributed by atoms with E-state index in [9.17, 15) is 4.39 Å². The molecule has 1 saturated carbocycles. The fraction of sp³-hybridized carbons (Fsp3) is 0.462. The van der Waals surface area contributed by atoms with Gasteiger partial charge in [-0.2, -0.15) is 0 Å². The predicted octanol–water partition coefficient (Wildman–Crippen LogP) is 7.40. The molecule has 2 aromatic rings. The molecule has 0 amide bonds. The highest BCUT2D eigenvalue weighted by Gasteiger charge is 2.15. The van der Waals surface area contributed by atoms with E-state index in [0.29, 0.717) is 5.92 Å². The molecule has 0 aromatic heterocycles. The van der Waals surface area contributed by atoms with E-state index >= 15 is 0 Å². The molecule has 2 aromatic carbocycles. The number of hydrogen-bond acceptors (Lipinski definition) is 0. The van der Waals surface area contributed by atoms with E-state index < -0.39 is 0 Å². The standard InChI is InChI=1S/C26H31F/c1-3-4-5-6-24-17-18-25(19-26(24)27)23-15-13-22(14-16-23)12-11-21-9-7-20(2)8-10-21/h13-21H,3-10H2,1-2H3/t20-,21-. The third-order valence-corrected chi connectivity index (χ3v) is 5.76. The van der Waals surface area contributed by atoms with Crippen LogP contribution in [-0.4, -0.2) is 0 Å². The minimum atomic E-state index is -0.0843. The molecule has 0 heterocycles. The van der Waals surface area contributed by atoms with Gasteiger partial charge in [0.25, 0.3) is 0 Å². The van der Waals surface area contributed by atoms with Crippen LogP contribution in [0.15, 0.2) is 42.5 Å². The maximum atomic E-state index is 14.4. The molecule has 0 bridgehead atoms. The Balaban J connectivity index is 1.64. The molecule has 1 heteroatoms. The van der Waals surface area contributed by atoms with Crippen molar-refractivity contribution in [3.63, 3.8) is 0 Å². The summed E-state index contributed by atoms with van der Waals surface area (Å²) in [5.41, 5.74) is 3.86. The van der Waals surface area contributed by atoms with Gasteiger partial charge in [-0.15, -0.1) is 0 Å². The maximum Gasteiger partial charge on any atom is 0.127 e. The van der Waals surface area contributed by atoms with Gasteiger partial charge < -0.3 is 0 Å². The lowest BCUT2D eigenvalue weighted by atomic mass is 9.83. The van der Waals surface area contributed by atoms with Gasteiger partial charge >= 0.3 is 0 Å². The third kappa shape index (κ3) is 5.70. The maximum absolute atomic E-state index is 14.4. The Hall–Kier alpha value is -2.07. The summed E-state index contributed by atoms with van der Waals surface area (Å²) in [6, 6.07) is 13.9. The first-order valence-corrected chi connectivity index (χ1v) is 10.6. The summed E-state index contributed by atoms with van der Waals surface area (Å²) in [6.45, 7) is 4.51. The zero-order valence-corrected chi connectivity index (χ0v) is 16.7. The Morgan fingerprint density at radius 1 is 0.926 bits per heavy atom. The molecule has 0 unspecified atom stereocenters. The van der Waals surface area contributed by atoms with E-state index in [1.807, 2.05) is 12.1 Å². The van der Waals surface area contributed by atoms with Crippen LogP contribution in [0.3, 0.4) is 0 Å². The Bertz CT molecular complexity index is 783. The summed E-state index contributed by atoms with van der Waals surface area (Å²) >= 11 is 0. The second-order valence-electron chi connectivity index (χ2n) is 8.07. The molecule has 0 N–H and O–H groups in total. The molecule has 1 aliphatic carbocycles. The van der Waals surface area contributed by atoms with E-state index in [4.69, 9.17) is 0 Å². The molecular formula is C26H31F. The molecule has 0 aliphatic heterocycles. The normalized spacial score (nSPS) is 19.4. The molecule has 27 heavy (non-hydrogen) atoms. The van der Waals surface area contributed by atoms with Gasteiger partial charge in [0.15, 0.2) is 0 Å². The predicted molar refractivity (Wildman–Crippen MR) is 113 cm³/mol. The number of unbranched alkanes of at least 4 members (excludes halogenated alkanes) is 2. The largest absolute Gasteiger partial charge is 0.207 e. The highest BCUT2D eigenvalue weighted by molar-refractivity contribution is 5.65. The molecule has 1 fully saturated rings. The van der Waals surface area contributed by atoms with Crippen molar-refractivity contribution in [1.29, 1.82) is 0 Å². The van der Waals surface area contributed by atoms with Crippen molar-refractivity contribution in [2.24, 2.45) is 11.8 Å². The molecular weight excluding hydrogens is 331 g/mol. The van der Waals surface area contributed by atoms with Crippen LogP contribution in [-0.2, 0) is 6.42 Å². The van der Waals surface area contributed by atoms with Gasteiger partial charge in [-0.1, -0.05) is 62.8 Å². The van der Waals surface area contributed by atoms with Crippen LogP contribution in [0.5, 0.6) is 0 Å². The average Bonchev–Trinajstić information content (AvgIpc) is 2.69. The molecule has 3 rings (SSSR count). The summed E-state index contributed by atoms with van der Waals surface area (Å²) in [5.74, 6) is 8.11. The van der Waals surface area contributed by atoms with Crippen LogP contribution < -0.4 is 0 Å². The van der Waals surface area contributed by atoms with Crippen molar-refractivity contribution in [3.05, 3.63) is 59.4 Å². The Labute approximate surface area is 164 Å². The summed E-state index contributed by atoms with van der Waals surface area (Å²) in [6.07, 6.45) is 9.27. The first-order valence-electron chi connectivity index (χ1n) is 10.6. The van der Waals surface area contributed by atoms with Gasteiger partial charge in [-0.05, 0) is 79.3 Å². The van der Waals surface area contributed by atoms with Crippen molar-refractivity contribution in [3.8, 4) is 23.0 Å². The zero-order valence-electron chi connectivity index (χ0n) is 16.7. The highest BCUT2D eigenvalue weighted by Crippen LogP contribution is 2.28. The molecule has 0 radical (unpaired) electrons. The van der Waals surface area contributed by atoms with Crippen LogP contribution >= 0.6 is 0 Å². The van der Waals surface area contributed by atoms with Crippen LogP contribution in [0.25, 0.3) is 11.1 Å². The first kappa shape index (κ1) is 19.7. The summed E-state index contributed by atoms with van der Waals surface area (Å²) in [4.78, 5) is 0. The van der Waals surface area contributed by atoms with E-state index in [1.165, 1.54) is 25.7 Å². The van der Waals surface area contributed by atoms with E-state index in [1.54, 1.807) is 6.07 Å². The summed E-state index contributed by atoms with van der Waals surface area (Å²) < 4.78 is 14.4. The van der Waals surface area contributed by atoms with Gasteiger partial charge in [0.05, 0.1) is 0 Å². The number of hydrogen-bond donors (Lipinski definition) is 0. The van der Waals surface area contributed by atoms with Gasteiger partial charge in [-0.3, -0.25) is 0 Å². The number of halogens is 1. The topological polar surface area (TPSA) is 0 Å². The molecule has 1 aliphatic rings. The monoisotopic (exact) mass is 362 g/mol. The van der Waals surface area contributed by atoms with Gasteiger partial charge in [0.1, 0.15) is 5.82 Å². The van der Waals surface area contributed by atoms with Crippen molar-refractivity contribution >= 4 is 0 Å². The highest BCUT2D eigenvalue weighted by atomic mass is 19.1. The number of rotatable bonds is 5. The Morgan fingerprint density at radius 3 is 2.30 bits per heavy atom. The third-order valence-electron chi connectivity index (χ3n) is 5.76. The minimum absolute atomic E-state index is 0.0843. The average molecular weight is 363 g/mol. The van der Waals surface area contributed by atoms with Crippen LogP contribution in [0.1, 0.15) is 69.9 Å². The molecule has 0 atom stereocenters. The second kappa shape index (κ2) is 9.75. The summed E-state index contributed by atoms with van der Waals surface area (Å²) in [5, 5.41) is 0. The lowest BCUT2D eigenvalue weighted by Crippen LogP contribution is -2.10. The van der Waals surface area contributed by atoms with E-state index in [-0.39, 0.29) is 5.82 Å². The van der Waals surface area contributed by atoms with Crippen LogP contribution in [0.4, 0.5) is 4.39 Å². The molecule has 142 valence electrons. The molecule has 0 nitrogen and oxygen atoms in total. The lowest BCUT2D eigenvalue weighted by Gasteiger charge is -2.21. The smallest absolute Gasteiger partial charge is 0.127 e. The first-order chi connectivity index (χ1) is 13.2. The zero-order chi connectivity index (χ0) is 19.1. The fourth-order valence-electron chi connectivity index (χ4n) is 3.83. The quantitative estimate of drug-likeness (QED) is 0.384. The fourth-order valence-corrected chi connectivity index (χ4v) is 3.83. The second-order valence-corrected chi connectivity index (χ2v) is 8.07. The van der Waals surface area contributed by atoms with E-state index in [2.05, 4.69) is 50.0 Å². The van der Waals surface area contributed by atoms with Crippen molar-refractivity contribution in [2.45, 2.75) is 65.2 Å². The van der Waals surface area contributed by atoms with E-state index in [0.717, 1.165) is 53.9 Å².